The number of rotatable bonds is 6. The summed E-state index contributed by atoms with van der Waals surface area (Å²) in [6.07, 6.45) is -0.300. The van der Waals surface area contributed by atoms with Crippen LogP contribution in [0.25, 0.3) is 0 Å². The standard InChI is InChI=1S/C13H28N2O2/c1-11(2)7-14-8-12(16)9-15-5-6-17-10-13(15,3)4/h11-12,14,16H,5-10H2,1-4H3. The summed E-state index contributed by atoms with van der Waals surface area (Å²) in [5.74, 6) is 0.627. The molecular weight excluding hydrogens is 216 g/mol. The second-order valence-electron chi connectivity index (χ2n) is 6.02. The molecule has 0 amide bonds. The molecule has 1 unspecified atom stereocenters. The Kier molecular flexibility index (Phi) is 5.86. The molecule has 1 rings (SSSR count). The maximum absolute atomic E-state index is 10.0. The maximum Gasteiger partial charge on any atom is 0.0791 e. The number of nitrogens with one attached hydrogen (secondary N) is 1. The van der Waals surface area contributed by atoms with Crippen molar-refractivity contribution in [3.05, 3.63) is 0 Å². The lowest BCUT2D eigenvalue weighted by atomic mass is 10.0. The molecule has 102 valence electrons. The Labute approximate surface area is 105 Å². The lowest BCUT2D eigenvalue weighted by molar-refractivity contribution is -0.0659. The number of β-amino-alcohol motifs (C(OH)–C–C–N with tert-alkyl or cyclic N) is 1. The largest absolute Gasteiger partial charge is 0.390 e. The molecule has 0 spiro atoms. The van der Waals surface area contributed by atoms with Gasteiger partial charge in [-0.25, -0.2) is 0 Å². The fourth-order valence-corrected chi connectivity index (χ4v) is 2.09. The SMILES string of the molecule is CC(C)CNCC(O)CN1CCOCC1(C)C. The molecule has 2 N–H and O–H groups in total. The highest BCUT2D eigenvalue weighted by molar-refractivity contribution is 4.86. The molecule has 4 nitrogen and oxygen atoms in total. The third-order valence-corrected chi connectivity index (χ3v) is 3.18. The van der Waals surface area contributed by atoms with Gasteiger partial charge in [-0.3, -0.25) is 4.90 Å². The van der Waals surface area contributed by atoms with Gasteiger partial charge in [-0.15, -0.1) is 0 Å². The van der Waals surface area contributed by atoms with Gasteiger partial charge in [-0.2, -0.15) is 0 Å². The van der Waals surface area contributed by atoms with Gasteiger partial charge in [0.1, 0.15) is 0 Å². The fourth-order valence-electron chi connectivity index (χ4n) is 2.09. The molecule has 1 saturated heterocycles. The average Bonchev–Trinajstić information content (AvgIpc) is 2.20. The molecule has 0 aliphatic carbocycles. The van der Waals surface area contributed by atoms with E-state index in [9.17, 15) is 5.11 Å². The predicted molar refractivity (Wildman–Crippen MR) is 70.2 cm³/mol. The zero-order valence-electron chi connectivity index (χ0n) is 11.7. The highest BCUT2D eigenvalue weighted by atomic mass is 16.5. The molecule has 1 heterocycles. The molecule has 0 radical (unpaired) electrons. The molecule has 0 aromatic heterocycles. The van der Waals surface area contributed by atoms with E-state index in [-0.39, 0.29) is 11.6 Å². The second-order valence-corrected chi connectivity index (χ2v) is 6.02. The van der Waals surface area contributed by atoms with Crippen LogP contribution in [0.1, 0.15) is 27.7 Å². The van der Waals surface area contributed by atoms with Gasteiger partial charge < -0.3 is 15.2 Å². The van der Waals surface area contributed by atoms with E-state index >= 15 is 0 Å². The van der Waals surface area contributed by atoms with Crippen LogP contribution in [-0.2, 0) is 4.74 Å². The van der Waals surface area contributed by atoms with Crippen molar-refractivity contribution in [1.82, 2.24) is 10.2 Å². The van der Waals surface area contributed by atoms with Crippen molar-refractivity contribution in [2.24, 2.45) is 5.92 Å². The van der Waals surface area contributed by atoms with Gasteiger partial charge >= 0.3 is 0 Å². The fraction of sp³-hybridized carbons (Fsp3) is 1.00. The number of aliphatic hydroxyl groups excluding tert-OH is 1. The van der Waals surface area contributed by atoms with E-state index in [1.807, 2.05) is 0 Å². The van der Waals surface area contributed by atoms with Crippen molar-refractivity contribution in [2.75, 3.05) is 39.4 Å². The summed E-state index contributed by atoms with van der Waals surface area (Å²) < 4.78 is 5.47. The maximum atomic E-state index is 10.0. The topological polar surface area (TPSA) is 44.7 Å². The molecule has 1 aliphatic heterocycles. The van der Waals surface area contributed by atoms with E-state index in [4.69, 9.17) is 4.74 Å². The number of hydrogen-bond donors (Lipinski definition) is 2. The monoisotopic (exact) mass is 244 g/mol. The highest BCUT2D eigenvalue weighted by Gasteiger charge is 2.31. The first-order chi connectivity index (χ1) is 7.92. The highest BCUT2D eigenvalue weighted by Crippen LogP contribution is 2.18. The van der Waals surface area contributed by atoms with Crippen molar-refractivity contribution in [3.8, 4) is 0 Å². The van der Waals surface area contributed by atoms with Crippen LogP contribution in [0.5, 0.6) is 0 Å². The molecule has 0 bridgehead atoms. The van der Waals surface area contributed by atoms with Crippen molar-refractivity contribution in [3.63, 3.8) is 0 Å². The lowest BCUT2D eigenvalue weighted by Gasteiger charge is -2.43. The van der Waals surface area contributed by atoms with E-state index in [0.717, 1.165) is 32.8 Å². The minimum Gasteiger partial charge on any atom is -0.390 e. The Morgan fingerprint density at radius 1 is 1.35 bits per heavy atom. The molecule has 0 aromatic carbocycles. The second kappa shape index (κ2) is 6.69. The van der Waals surface area contributed by atoms with Gasteiger partial charge in [0.15, 0.2) is 0 Å². The Morgan fingerprint density at radius 3 is 2.65 bits per heavy atom. The van der Waals surface area contributed by atoms with Gasteiger partial charge in [0, 0.05) is 25.2 Å². The van der Waals surface area contributed by atoms with Crippen molar-refractivity contribution in [1.29, 1.82) is 0 Å². The molecule has 0 saturated carbocycles. The van der Waals surface area contributed by atoms with E-state index < -0.39 is 0 Å². The third-order valence-electron chi connectivity index (χ3n) is 3.18. The van der Waals surface area contributed by atoms with Crippen molar-refractivity contribution in [2.45, 2.75) is 39.3 Å². The first-order valence-corrected chi connectivity index (χ1v) is 6.63. The van der Waals surface area contributed by atoms with Crippen molar-refractivity contribution >= 4 is 0 Å². The Bertz CT molecular complexity index is 219. The van der Waals surface area contributed by atoms with E-state index in [2.05, 4.69) is 37.9 Å². The van der Waals surface area contributed by atoms with E-state index in [1.54, 1.807) is 0 Å². The first kappa shape index (κ1) is 14.9. The molecule has 0 aromatic rings. The van der Waals surface area contributed by atoms with Crippen LogP contribution in [0, 0.1) is 5.92 Å². The number of nitrogens with zero attached hydrogens (tertiary/aromatic N) is 1. The summed E-state index contributed by atoms with van der Waals surface area (Å²) in [5.41, 5.74) is 0.0390. The van der Waals surface area contributed by atoms with Gasteiger partial charge in [0.05, 0.1) is 19.3 Å². The third kappa shape index (κ3) is 5.34. The molecular formula is C13H28N2O2. The molecule has 4 heteroatoms. The van der Waals surface area contributed by atoms with Gasteiger partial charge in [0.2, 0.25) is 0 Å². The summed E-state index contributed by atoms with van der Waals surface area (Å²) in [6.45, 7) is 13.5. The normalized spacial score (nSPS) is 22.9. The number of hydrogen-bond acceptors (Lipinski definition) is 4. The summed E-state index contributed by atoms with van der Waals surface area (Å²) in [7, 11) is 0. The van der Waals surface area contributed by atoms with Gasteiger partial charge in [-0.05, 0) is 26.3 Å². The number of aliphatic hydroxyl groups is 1. The minimum absolute atomic E-state index is 0.0390. The zero-order chi connectivity index (χ0) is 12.9. The lowest BCUT2D eigenvalue weighted by Crippen LogP contribution is -2.56. The Morgan fingerprint density at radius 2 is 2.06 bits per heavy atom. The van der Waals surface area contributed by atoms with Crippen molar-refractivity contribution < 1.29 is 9.84 Å². The summed E-state index contributed by atoms with van der Waals surface area (Å²) in [4.78, 5) is 2.32. The Hall–Kier alpha value is -0.160. The van der Waals surface area contributed by atoms with Crippen LogP contribution in [-0.4, -0.2) is 61.0 Å². The van der Waals surface area contributed by atoms with E-state index in [1.165, 1.54) is 0 Å². The predicted octanol–water partition coefficient (Wildman–Crippen LogP) is 0.704. The minimum atomic E-state index is -0.300. The zero-order valence-corrected chi connectivity index (χ0v) is 11.7. The van der Waals surface area contributed by atoms with Crippen LogP contribution in [0.3, 0.4) is 0 Å². The summed E-state index contributed by atoms with van der Waals surface area (Å²) >= 11 is 0. The molecule has 1 atom stereocenters. The van der Waals surface area contributed by atoms with Crippen LogP contribution in [0.15, 0.2) is 0 Å². The van der Waals surface area contributed by atoms with Crippen LogP contribution in [0.2, 0.25) is 0 Å². The van der Waals surface area contributed by atoms with Gasteiger partial charge in [0.25, 0.3) is 0 Å². The van der Waals surface area contributed by atoms with E-state index in [0.29, 0.717) is 12.5 Å². The molecule has 1 aliphatic rings. The Balaban J connectivity index is 2.27. The van der Waals surface area contributed by atoms with Crippen LogP contribution >= 0.6 is 0 Å². The summed E-state index contributed by atoms with van der Waals surface area (Å²) in [6, 6.07) is 0. The number of morpholine rings is 1. The molecule has 1 fully saturated rings. The quantitative estimate of drug-likeness (QED) is 0.722. The average molecular weight is 244 g/mol. The van der Waals surface area contributed by atoms with Crippen LogP contribution < -0.4 is 5.32 Å². The number of ether oxygens (including phenoxy) is 1. The first-order valence-electron chi connectivity index (χ1n) is 6.63. The summed E-state index contributed by atoms with van der Waals surface area (Å²) in [5, 5.41) is 13.3. The smallest absolute Gasteiger partial charge is 0.0791 e. The molecule has 17 heavy (non-hydrogen) atoms. The van der Waals surface area contributed by atoms with Crippen LogP contribution in [0.4, 0.5) is 0 Å². The van der Waals surface area contributed by atoms with Gasteiger partial charge in [-0.1, -0.05) is 13.8 Å².